The van der Waals surface area contributed by atoms with Crippen molar-refractivity contribution in [3.8, 4) is 6.07 Å². The van der Waals surface area contributed by atoms with Crippen LogP contribution >= 0.6 is 11.6 Å². The van der Waals surface area contributed by atoms with Crippen LogP contribution in [0.2, 0.25) is 5.02 Å². The molecule has 1 aromatic carbocycles. The molecule has 0 aromatic heterocycles. The van der Waals surface area contributed by atoms with Crippen LogP contribution in [-0.4, -0.2) is 12.1 Å². The molecule has 0 radical (unpaired) electrons. The Balaban J connectivity index is 2.40. The van der Waals surface area contributed by atoms with Crippen LogP contribution in [0, 0.1) is 24.2 Å². The molecule has 2 nitrogen and oxygen atoms in total. The second-order valence-electron chi connectivity index (χ2n) is 5.38. The molecule has 0 aliphatic carbocycles. The molecule has 1 aliphatic rings. The number of benzene rings is 1. The van der Waals surface area contributed by atoms with Gasteiger partial charge in [0.05, 0.1) is 12.0 Å². The van der Waals surface area contributed by atoms with E-state index >= 15 is 0 Å². The highest BCUT2D eigenvalue weighted by Crippen LogP contribution is 2.38. The van der Waals surface area contributed by atoms with Crippen LogP contribution in [0.3, 0.4) is 0 Å². The fraction of sp³-hybridized carbons (Fsp3) is 0.500. The number of rotatable bonds is 1. The lowest BCUT2D eigenvalue weighted by atomic mass is 9.97. The molecule has 0 saturated carbocycles. The lowest BCUT2D eigenvalue weighted by molar-refractivity contribution is 0.502. The normalized spacial score (nSPS) is 22.5. The number of nitrogens with zero attached hydrogens (tertiary/aromatic N) is 2. The zero-order chi connectivity index (χ0) is 12.6. The van der Waals surface area contributed by atoms with Crippen LogP contribution in [0.4, 0.5) is 5.69 Å². The van der Waals surface area contributed by atoms with Gasteiger partial charge in [-0.2, -0.15) is 5.26 Å². The Labute approximate surface area is 108 Å². The molecule has 17 heavy (non-hydrogen) atoms. The molecule has 0 spiro atoms. The molecule has 0 bridgehead atoms. The Bertz CT molecular complexity index is 474. The highest BCUT2D eigenvalue weighted by Gasteiger charge is 2.38. The Morgan fingerprint density at radius 2 is 2.18 bits per heavy atom. The second kappa shape index (κ2) is 4.23. The van der Waals surface area contributed by atoms with E-state index < -0.39 is 0 Å². The van der Waals surface area contributed by atoms with Gasteiger partial charge < -0.3 is 4.90 Å². The Morgan fingerprint density at radius 1 is 1.47 bits per heavy atom. The fourth-order valence-electron chi connectivity index (χ4n) is 2.63. The molecule has 1 atom stereocenters. The van der Waals surface area contributed by atoms with Gasteiger partial charge in [-0.1, -0.05) is 17.7 Å². The Hall–Kier alpha value is -1.20. The third-order valence-corrected chi connectivity index (χ3v) is 3.76. The minimum atomic E-state index is 0.0236. The molecule has 1 aromatic rings. The maximum Gasteiger partial charge on any atom is 0.0675 e. The minimum absolute atomic E-state index is 0.0236. The third-order valence-electron chi connectivity index (χ3n) is 3.52. The maximum atomic E-state index is 9.08. The number of nitriles is 1. The first-order chi connectivity index (χ1) is 7.94. The van der Waals surface area contributed by atoms with Crippen molar-refractivity contribution < 1.29 is 0 Å². The molecule has 1 aliphatic heterocycles. The first-order valence-corrected chi connectivity index (χ1v) is 6.25. The molecule has 1 heterocycles. The molecular formula is C14H17ClN2. The van der Waals surface area contributed by atoms with E-state index in [0.29, 0.717) is 0 Å². The monoisotopic (exact) mass is 248 g/mol. The average molecular weight is 249 g/mol. The summed E-state index contributed by atoms with van der Waals surface area (Å²) >= 11 is 6.07. The quantitative estimate of drug-likeness (QED) is 0.756. The van der Waals surface area contributed by atoms with Crippen LogP contribution in [0.1, 0.15) is 25.8 Å². The predicted octanol–water partition coefficient (Wildman–Crippen LogP) is 3.78. The molecule has 90 valence electrons. The largest absolute Gasteiger partial charge is 0.365 e. The van der Waals surface area contributed by atoms with E-state index in [-0.39, 0.29) is 11.5 Å². The number of aryl methyl sites for hydroxylation is 1. The summed E-state index contributed by atoms with van der Waals surface area (Å²) in [6, 6.07) is 8.32. The number of hydrogen-bond acceptors (Lipinski definition) is 2. The number of halogens is 1. The van der Waals surface area contributed by atoms with Crippen molar-refractivity contribution in [1.82, 2.24) is 0 Å². The molecule has 1 saturated heterocycles. The van der Waals surface area contributed by atoms with Gasteiger partial charge in [-0.05, 0) is 44.9 Å². The summed E-state index contributed by atoms with van der Waals surface area (Å²) in [5, 5.41) is 9.84. The third kappa shape index (κ3) is 2.25. The van der Waals surface area contributed by atoms with E-state index in [2.05, 4.69) is 31.7 Å². The van der Waals surface area contributed by atoms with Crippen molar-refractivity contribution in [3.63, 3.8) is 0 Å². The van der Waals surface area contributed by atoms with Crippen LogP contribution in [-0.2, 0) is 0 Å². The lowest BCUT2D eigenvalue weighted by Gasteiger charge is -2.34. The van der Waals surface area contributed by atoms with Gasteiger partial charge in [-0.3, -0.25) is 0 Å². The second-order valence-corrected chi connectivity index (χ2v) is 5.82. The van der Waals surface area contributed by atoms with Gasteiger partial charge in [-0.25, -0.2) is 0 Å². The molecule has 0 amide bonds. The fourth-order valence-corrected chi connectivity index (χ4v) is 2.80. The molecular weight excluding hydrogens is 232 g/mol. The SMILES string of the molecule is Cc1ccc(Cl)cc1N1CC(C#N)CC1(C)C. The van der Waals surface area contributed by atoms with Gasteiger partial charge in [0.2, 0.25) is 0 Å². The maximum absolute atomic E-state index is 9.08. The highest BCUT2D eigenvalue weighted by atomic mass is 35.5. The van der Waals surface area contributed by atoms with Crippen molar-refractivity contribution in [2.45, 2.75) is 32.7 Å². The topological polar surface area (TPSA) is 27.0 Å². The summed E-state index contributed by atoms with van der Waals surface area (Å²) in [4.78, 5) is 2.31. The van der Waals surface area contributed by atoms with Gasteiger partial charge in [-0.15, -0.1) is 0 Å². The summed E-state index contributed by atoms with van der Waals surface area (Å²) in [5.41, 5.74) is 2.39. The van der Waals surface area contributed by atoms with Crippen molar-refractivity contribution in [3.05, 3.63) is 28.8 Å². The number of hydrogen-bond donors (Lipinski definition) is 0. The zero-order valence-electron chi connectivity index (χ0n) is 10.5. The first kappa shape index (κ1) is 12.3. The van der Waals surface area contributed by atoms with Crippen LogP contribution in [0.15, 0.2) is 18.2 Å². The van der Waals surface area contributed by atoms with Gasteiger partial charge >= 0.3 is 0 Å². The summed E-state index contributed by atoms with van der Waals surface area (Å²) < 4.78 is 0. The standard InChI is InChI=1S/C14H17ClN2/c1-10-4-5-12(15)6-13(10)17-9-11(8-16)7-14(17,2)3/h4-6,11H,7,9H2,1-3H3. The van der Waals surface area contributed by atoms with Crippen LogP contribution in [0.5, 0.6) is 0 Å². The summed E-state index contributed by atoms with van der Waals surface area (Å²) in [6.07, 6.45) is 0.912. The van der Waals surface area contributed by atoms with Crippen LogP contribution in [0.25, 0.3) is 0 Å². The molecule has 2 rings (SSSR count). The number of anilines is 1. The van der Waals surface area contributed by atoms with Gasteiger partial charge in [0.1, 0.15) is 0 Å². The molecule has 3 heteroatoms. The van der Waals surface area contributed by atoms with E-state index in [0.717, 1.165) is 23.7 Å². The van der Waals surface area contributed by atoms with Gasteiger partial charge in [0.15, 0.2) is 0 Å². The Kier molecular flexibility index (Phi) is 3.05. The summed E-state index contributed by atoms with van der Waals surface area (Å²) in [6.45, 7) is 7.25. The smallest absolute Gasteiger partial charge is 0.0675 e. The zero-order valence-corrected chi connectivity index (χ0v) is 11.3. The van der Waals surface area contributed by atoms with Crippen molar-refractivity contribution in [2.24, 2.45) is 5.92 Å². The van der Waals surface area contributed by atoms with E-state index in [1.54, 1.807) is 0 Å². The summed E-state index contributed by atoms with van der Waals surface area (Å²) in [7, 11) is 0. The average Bonchev–Trinajstić information content (AvgIpc) is 2.57. The van der Waals surface area contributed by atoms with Gasteiger partial charge in [0, 0.05) is 22.8 Å². The summed E-state index contributed by atoms with van der Waals surface area (Å²) in [5.74, 6) is 0.114. The Morgan fingerprint density at radius 3 is 2.76 bits per heavy atom. The predicted molar refractivity (Wildman–Crippen MR) is 71.3 cm³/mol. The van der Waals surface area contributed by atoms with E-state index in [1.165, 1.54) is 5.56 Å². The van der Waals surface area contributed by atoms with E-state index in [1.807, 2.05) is 18.2 Å². The van der Waals surface area contributed by atoms with Gasteiger partial charge in [0.25, 0.3) is 0 Å². The first-order valence-electron chi connectivity index (χ1n) is 5.87. The van der Waals surface area contributed by atoms with Crippen molar-refractivity contribution in [2.75, 3.05) is 11.4 Å². The van der Waals surface area contributed by atoms with Crippen molar-refractivity contribution >= 4 is 17.3 Å². The highest BCUT2D eigenvalue weighted by molar-refractivity contribution is 6.30. The lowest BCUT2D eigenvalue weighted by Crippen LogP contribution is -2.38. The minimum Gasteiger partial charge on any atom is -0.365 e. The molecule has 1 unspecified atom stereocenters. The molecule has 1 fully saturated rings. The molecule has 0 N–H and O–H groups in total. The van der Waals surface area contributed by atoms with Crippen LogP contribution < -0.4 is 4.90 Å². The van der Waals surface area contributed by atoms with E-state index in [9.17, 15) is 0 Å². The van der Waals surface area contributed by atoms with E-state index in [4.69, 9.17) is 16.9 Å². The van der Waals surface area contributed by atoms with Crippen molar-refractivity contribution in [1.29, 1.82) is 5.26 Å².